The largest absolute Gasteiger partial charge is 0.308 e. The zero-order valence-electron chi connectivity index (χ0n) is 13.5. The number of amides is 1. The molecule has 0 saturated heterocycles. The number of nitrogens with zero attached hydrogens (tertiary/aromatic N) is 4. The van der Waals surface area contributed by atoms with Crippen LogP contribution in [0.1, 0.15) is 13.3 Å². The maximum Gasteiger partial charge on any atom is 0.267 e. The molecular formula is C16H17ClF2N4OS. The first-order valence-electron chi connectivity index (χ1n) is 7.57. The van der Waals surface area contributed by atoms with Gasteiger partial charge in [0.25, 0.3) is 6.08 Å². The van der Waals surface area contributed by atoms with Gasteiger partial charge in [0.1, 0.15) is 5.69 Å². The van der Waals surface area contributed by atoms with Gasteiger partial charge in [-0.3, -0.25) is 9.78 Å². The number of pyridine rings is 1. The third-order valence-corrected chi connectivity index (χ3v) is 4.45. The molecule has 0 atom stereocenters. The van der Waals surface area contributed by atoms with E-state index in [0.29, 0.717) is 18.0 Å². The number of carbonyl (C=O) groups excluding carboxylic acids is 1. The number of anilines is 1. The van der Waals surface area contributed by atoms with Gasteiger partial charge in [-0.2, -0.15) is 25.6 Å². The highest BCUT2D eigenvalue weighted by atomic mass is 35.5. The lowest BCUT2D eigenvalue weighted by Gasteiger charge is -2.19. The summed E-state index contributed by atoms with van der Waals surface area (Å²) in [5.74, 6) is 0.502. The van der Waals surface area contributed by atoms with Crippen molar-refractivity contribution in [2.45, 2.75) is 13.3 Å². The number of hydrogen-bond donors (Lipinski definition) is 0. The van der Waals surface area contributed by atoms with Gasteiger partial charge in [-0.25, -0.2) is 4.68 Å². The van der Waals surface area contributed by atoms with Crippen molar-refractivity contribution in [3.05, 3.63) is 48.0 Å². The summed E-state index contributed by atoms with van der Waals surface area (Å²) in [7, 11) is 0. The highest BCUT2D eigenvalue weighted by molar-refractivity contribution is 7.99. The van der Waals surface area contributed by atoms with Crippen LogP contribution in [-0.4, -0.2) is 38.7 Å². The van der Waals surface area contributed by atoms with Crippen LogP contribution >= 0.6 is 23.4 Å². The molecule has 2 aromatic heterocycles. The average molecular weight is 387 g/mol. The molecule has 0 bridgehead atoms. The van der Waals surface area contributed by atoms with Crippen molar-refractivity contribution in [3.63, 3.8) is 0 Å². The van der Waals surface area contributed by atoms with E-state index in [1.165, 1.54) is 16.7 Å². The molecular weight excluding hydrogens is 370 g/mol. The van der Waals surface area contributed by atoms with Crippen LogP contribution in [0.15, 0.2) is 42.9 Å². The SMILES string of the molecule is CCN(C(=O)CCSCC=C(F)F)c1cn(-c2cccnc2)nc1Cl. The van der Waals surface area contributed by atoms with Crippen molar-refractivity contribution in [2.24, 2.45) is 0 Å². The summed E-state index contributed by atoms with van der Waals surface area (Å²) < 4.78 is 25.5. The topological polar surface area (TPSA) is 51.0 Å². The fourth-order valence-electron chi connectivity index (χ4n) is 2.13. The van der Waals surface area contributed by atoms with Gasteiger partial charge in [-0.05, 0) is 25.1 Å². The van der Waals surface area contributed by atoms with E-state index in [1.807, 2.05) is 13.0 Å². The van der Waals surface area contributed by atoms with E-state index in [4.69, 9.17) is 11.6 Å². The predicted molar refractivity (Wildman–Crippen MR) is 96.6 cm³/mol. The lowest BCUT2D eigenvalue weighted by atomic mass is 10.3. The molecule has 0 fully saturated rings. The van der Waals surface area contributed by atoms with Crippen LogP contribution in [0.2, 0.25) is 5.15 Å². The molecule has 2 heterocycles. The summed E-state index contributed by atoms with van der Waals surface area (Å²) in [4.78, 5) is 18.0. The zero-order valence-corrected chi connectivity index (χ0v) is 15.1. The lowest BCUT2D eigenvalue weighted by Crippen LogP contribution is -2.30. The molecule has 9 heteroatoms. The zero-order chi connectivity index (χ0) is 18.2. The molecule has 0 aliphatic carbocycles. The summed E-state index contributed by atoms with van der Waals surface area (Å²) in [5.41, 5.74) is 1.24. The lowest BCUT2D eigenvalue weighted by molar-refractivity contribution is -0.118. The maximum atomic E-state index is 12.4. The Morgan fingerprint density at radius 1 is 1.48 bits per heavy atom. The van der Waals surface area contributed by atoms with Crippen molar-refractivity contribution >= 4 is 35.0 Å². The first-order chi connectivity index (χ1) is 12.0. The molecule has 0 N–H and O–H groups in total. The number of halogens is 3. The summed E-state index contributed by atoms with van der Waals surface area (Å²) in [5, 5.41) is 4.43. The second kappa shape index (κ2) is 9.53. The molecule has 5 nitrogen and oxygen atoms in total. The Morgan fingerprint density at radius 3 is 2.92 bits per heavy atom. The predicted octanol–water partition coefficient (Wildman–Crippen LogP) is 4.18. The second-order valence-electron chi connectivity index (χ2n) is 4.92. The van der Waals surface area contributed by atoms with E-state index in [9.17, 15) is 13.6 Å². The van der Waals surface area contributed by atoms with E-state index in [2.05, 4.69) is 10.1 Å². The van der Waals surface area contributed by atoms with Crippen molar-refractivity contribution < 1.29 is 13.6 Å². The first kappa shape index (κ1) is 19.4. The second-order valence-corrected chi connectivity index (χ2v) is 6.43. The van der Waals surface area contributed by atoms with Gasteiger partial charge in [0.05, 0.1) is 18.1 Å². The fourth-order valence-corrected chi connectivity index (χ4v) is 3.09. The van der Waals surface area contributed by atoms with Crippen molar-refractivity contribution in [2.75, 3.05) is 23.0 Å². The van der Waals surface area contributed by atoms with Gasteiger partial charge in [-0.15, -0.1) is 0 Å². The molecule has 0 aliphatic rings. The highest BCUT2D eigenvalue weighted by Gasteiger charge is 2.20. The Hall–Kier alpha value is -1.93. The van der Waals surface area contributed by atoms with Crippen LogP contribution < -0.4 is 4.90 Å². The van der Waals surface area contributed by atoms with E-state index in [-0.39, 0.29) is 23.2 Å². The van der Waals surface area contributed by atoms with Gasteiger partial charge >= 0.3 is 0 Å². The number of carbonyl (C=O) groups is 1. The highest BCUT2D eigenvalue weighted by Crippen LogP contribution is 2.26. The van der Waals surface area contributed by atoms with E-state index in [1.54, 1.807) is 29.3 Å². The molecule has 0 saturated carbocycles. The van der Waals surface area contributed by atoms with Gasteiger partial charge < -0.3 is 4.90 Å². The number of aromatic nitrogens is 3. The monoisotopic (exact) mass is 386 g/mol. The maximum absolute atomic E-state index is 12.4. The third-order valence-electron chi connectivity index (χ3n) is 3.29. The Morgan fingerprint density at radius 2 is 2.28 bits per heavy atom. The normalized spacial score (nSPS) is 10.6. The summed E-state index contributed by atoms with van der Waals surface area (Å²) in [6.07, 6.45) is 4.33. The number of thioether (sulfide) groups is 1. The van der Waals surface area contributed by atoms with Crippen LogP contribution in [0, 0.1) is 0 Å². The van der Waals surface area contributed by atoms with Crippen molar-refractivity contribution in [3.8, 4) is 5.69 Å². The van der Waals surface area contributed by atoms with E-state index < -0.39 is 6.08 Å². The van der Waals surface area contributed by atoms with Gasteiger partial charge in [-0.1, -0.05) is 11.6 Å². The van der Waals surface area contributed by atoms with E-state index in [0.717, 1.165) is 11.8 Å². The quantitative estimate of drug-likeness (QED) is 0.639. The molecule has 0 aromatic carbocycles. The smallest absolute Gasteiger partial charge is 0.267 e. The van der Waals surface area contributed by atoms with E-state index >= 15 is 0 Å². The Labute approximate surface area is 153 Å². The van der Waals surface area contributed by atoms with Crippen molar-refractivity contribution in [1.29, 1.82) is 0 Å². The van der Waals surface area contributed by atoms with Crippen LogP contribution in [0.4, 0.5) is 14.5 Å². The van der Waals surface area contributed by atoms with Crippen LogP contribution in [0.3, 0.4) is 0 Å². The molecule has 0 aliphatic heterocycles. The Kier molecular flexibility index (Phi) is 7.39. The Balaban J connectivity index is 2.03. The molecule has 0 unspecified atom stereocenters. The summed E-state index contributed by atoms with van der Waals surface area (Å²) >= 11 is 7.46. The number of rotatable bonds is 8. The third kappa shape index (κ3) is 5.54. The standard InChI is InChI=1S/C16H17ClF2N4OS/c1-2-22(15(24)6-9-25-8-5-14(18)19)13-11-23(21-16(13)17)12-4-3-7-20-10-12/h3-5,7,10-11H,2,6,8-9H2,1H3. The van der Waals surface area contributed by atoms with Gasteiger partial charge in [0.2, 0.25) is 5.91 Å². The summed E-state index contributed by atoms with van der Waals surface area (Å²) in [6, 6.07) is 3.60. The minimum absolute atomic E-state index is 0.132. The van der Waals surface area contributed by atoms with Crippen LogP contribution in [-0.2, 0) is 4.79 Å². The van der Waals surface area contributed by atoms with Gasteiger partial charge in [0.15, 0.2) is 5.15 Å². The van der Waals surface area contributed by atoms with Crippen LogP contribution in [0.5, 0.6) is 0 Å². The molecule has 2 rings (SSSR count). The Bertz CT molecular complexity index is 735. The average Bonchev–Trinajstić information content (AvgIpc) is 2.97. The molecule has 0 spiro atoms. The minimum Gasteiger partial charge on any atom is -0.308 e. The molecule has 2 aromatic rings. The molecule has 134 valence electrons. The first-order valence-corrected chi connectivity index (χ1v) is 9.11. The fraction of sp³-hybridized carbons (Fsp3) is 0.312. The minimum atomic E-state index is -1.70. The summed E-state index contributed by atoms with van der Waals surface area (Å²) in [6.45, 7) is 2.27. The molecule has 25 heavy (non-hydrogen) atoms. The molecule has 0 radical (unpaired) electrons. The molecule has 1 amide bonds. The van der Waals surface area contributed by atoms with Gasteiger partial charge in [0, 0.05) is 30.7 Å². The van der Waals surface area contributed by atoms with Crippen LogP contribution in [0.25, 0.3) is 5.69 Å². The van der Waals surface area contributed by atoms with Crippen molar-refractivity contribution in [1.82, 2.24) is 14.8 Å². The number of hydrogen-bond acceptors (Lipinski definition) is 4.